The van der Waals surface area contributed by atoms with Crippen LogP contribution < -0.4 is 27.0 Å². The van der Waals surface area contributed by atoms with Crippen molar-refractivity contribution >= 4 is 29.4 Å². The molecule has 0 bridgehead atoms. The zero-order chi connectivity index (χ0) is 31.4. The molecule has 0 radical (unpaired) electrons. The van der Waals surface area contributed by atoms with E-state index in [2.05, 4.69) is 21.3 Å². The maximum absolute atomic E-state index is 12.9. The smallest absolute Gasteiger partial charge is 0.243 e. The van der Waals surface area contributed by atoms with Crippen molar-refractivity contribution in [2.24, 2.45) is 17.6 Å². The zero-order valence-corrected chi connectivity index (χ0v) is 25.1. The Kier molecular flexibility index (Phi) is 14.5. The molecule has 0 spiro atoms. The van der Waals surface area contributed by atoms with Crippen LogP contribution in [0.4, 0.5) is 0 Å². The van der Waals surface area contributed by atoms with Gasteiger partial charge in [-0.1, -0.05) is 39.8 Å². The molecule has 0 aromatic heterocycles. The van der Waals surface area contributed by atoms with Crippen molar-refractivity contribution in [1.29, 1.82) is 0 Å². The molecular weight excluding hydrogens is 530 g/mol. The van der Waals surface area contributed by atoms with Crippen molar-refractivity contribution in [3.63, 3.8) is 0 Å². The summed E-state index contributed by atoms with van der Waals surface area (Å²) in [6.45, 7) is 11.5. The number of hydrogen-bond donors (Lipinski definition) is 7. The molecule has 0 aliphatic heterocycles. The number of benzene rings is 1. The van der Waals surface area contributed by atoms with E-state index in [0.717, 1.165) is 0 Å². The quantitative estimate of drug-likeness (QED) is 0.145. The number of carbonyl (C=O) groups is 5. The predicted octanol–water partition coefficient (Wildman–Crippen LogP) is 0.283. The van der Waals surface area contributed by atoms with Gasteiger partial charge in [0.25, 0.3) is 0 Å². The first-order chi connectivity index (χ1) is 19.0. The first kappa shape index (κ1) is 35.5. The summed E-state index contributed by atoms with van der Waals surface area (Å²) in [5.74, 6) is -2.51. The topological polar surface area (TPSA) is 200 Å². The predicted molar refractivity (Wildman–Crippen MR) is 154 cm³/mol. The van der Waals surface area contributed by atoms with Crippen LogP contribution in [0.1, 0.15) is 66.9 Å². The van der Waals surface area contributed by atoms with Gasteiger partial charge in [0.1, 0.15) is 17.8 Å². The highest BCUT2D eigenvalue weighted by molar-refractivity contribution is 5.92. The number of phenolic OH excluding ortho intramolecular Hbond substituents is 1. The molecule has 1 rings (SSSR count). The number of nitrogens with one attached hydrogen (secondary N) is 4. The van der Waals surface area contributed by atoms with Crippen LogP contribution >= 0.6 is 0 Å². The van der Waals surface area contributed by atoms with E-state index in [0.29, 0.717) is 5.56 Å². The minimum atomic E-state index is -1.16. The summed E-state index contributed by atoms with van der Waals surface area (Å²) >= 11 is 0. The van der Waals surface area contributed by atoms with Gasteiger partial charge in [0.2, 0.25) is 23.6 Å². The number of Topliss-reactive ketones (excluding diaryl/α,β-unsaturated/α-hetero) is 1. The Morgan fingerprint density at radius 1 is 0.780 bits per heavy atom. The van der Waals surface area contributed by atoms with Crippen LogP contribution in [0.2, 0.25) is 0 Å². The Balaban J connectivity index is 2.93. The molecule has 0 saturated carbocycles. The second kappa shape index (κ2) is 16.7. The third-order valence-electron chi connectivity index (χ3n) is 6.68. The fourth-order valence-corrected chi connectivity index (χ4v) is 4.13. The second-order valence-corrected chi connectivity index (χ2v) is 11.2. The standard InChI is InChI=1S/C29H47N5O7/c1-15(2)25(19(7)35)34-29(41)26(16(3)4)33-24(38)13-12-23(37)22(14-20-8-10-21(36)11-9-20)32-28(40)18(6)31-27(39)17(5)30/h8-11,15-18,22-23,25-26,36-37H,12-14,30H2,1-7H3,(H,31,39)(H,32,40)(H,33,38)(H,34,41)/t17-,18-,22?,23?,25?,26-/m0/s1. The monoisotopic (exact) mass is 577 g/mol. The normalized spacial score (nSPS) is 15.7. The lowest BCUT2D eigenvalue weighted by Gasteiger charge is -2.28. The number of nitrogens with two attached hydrogens (primary N) is 1. The molecule has 0 fully saturated rings. The molecule has 0 aliphatic carbocycles. The van der Waals surface area contributed by atoms with Gasteiger partial charge in [-0.2, -0.15) is 0 Å². The summed E-state index contributed by atoms with van der Waals surface area (Å²) in [4.78, 5) is 62.3. The van der Waals surface area contributed by atoms with Gasteiger partial charge in [0, 0.05) is 6.42 Å². The number of phenols is 1. The summed E-state index contributed by atoms with van der Waals surface area (Å²) in [6.07, 6.45) is -1.16. The number of hydrogen-bond acceptors (Lipinski definition) is 8. The Morgan fingerprint density at radius 3 is 1.83 bits per heavy atom. The SMILES string of the molecule is CC(=O)C(NC(=O)[C@@H](NC(=O)CCC(O)C(Cc1ccc(O)cc1)NC(=O)[C@H](C)NC(=O)[C@H](C)N)C(C)C)C(C)C. The highest BCUT2D eigenvalue weighted by Gasteiger charge is 2.30. The van der Waals surface area contributed by atoms with Crippen LogP contribution in [0.3, 0.4) is 0 Å². The minimum absolute atomic E-state index is 0.0378. The number of ketones is 1. The molecule has 230 valence electrons. The van der Waals surface area contributed by atoms with Crippen molar-refractivity contribution in [3.8, 4) is 5.75 Å². The third-order valence-corrected chi connectivity index (χ3v) is 6.68. The van der Waals surface area contributed by atoms with E-state index >= 15 is 0 Å². The number of aliphatic hydroxyl groups excluding tert-OH is 1. The average molecular weight is 578 g/mol. The molecule has 1 aromatic rings. The van der Waals surface area contributed by atoms with Gasteiger partial charge < -0.3 is 37.2 Å². The van der Waals surface area contributed by atoms with E-state index in [4.69, 9.17) is 5.73 Å². The van der Waals surface area contributed by atoms with E-state index in [-0.39, 0.29) is 42.6 Å². The third kappa shape index (κ3) is 12.3. The van der Waals surface area contributed by atoms with Gasteiger partial charge in [-0.25, -0.2) is 0 Å². The van der Waals surface area contributed by atoms with Crippen molar-refractivity contribution in [2.75, 3.05) is 0 Å². The molecule has 6 atom stereocenters. The molecule has 8 N–H and O–H groups in total. The van der Waals surface area contributed by atoms with E-state index in [1.165, 1.54) is 32.9 Å². The first-order valence-corrected chi connectivity index (χ1v) is 14.0. The maximum atomic E-state index is 12.9. The summed E-state index contributed by atoms with van der Waals surface area (Å²) in [5.41, 5.74) is 6.27. The summed E-state index contributed by atoms with van der Waals surface area (Å²) in [6, 6.07) is 2.12. The lowest BCUT2D eigenvalue weighted by molar-refractivity contribution is -0.132. The van der Waals surface area contributed by atoms with Crippen LogP contribution in [0.25, 0.3) is 0 Å². The van der Waals surface area contributed by atoms with Crippen molar-refractivity contribution in [1.82, 2.24) is 21.3 Å². The van der Waals surface area contributed by atoms with E-state index < -0.39 is 59.9 Å². The van der Waals surface area contributed by atoms with Crippen molar-refractivity contribution in [3.05, 3.63) is 29.8 Å². The van der Waals surface area contributed by atoms with Gasteiger partial charge in [-0.3, -0.25) is 24.0 Å². The van der Waals surface area contributed by atoms with Gasteiger partial charge >= 0.3 is 0 Å². The van der Waals surface area contributed by atoms with Crippen LogP contribution in [0.5, 0.6) is 5.75 Å². The Bertz CT molecular complexity index is 1040. The second-order valence-electron chi connectivity index (χ2n) is 11.2. The Morgan fingerprint density at radius 2 is 1.34 bits per heavy atom. The number of rotatable bonds is 16. The first-order valence-electron chi connectivity index (χ1n) is 14.0. The number of carbonyl (C=O) groups excluding carboxylic acids is 5. The fourth-order valence-electron chi connectivity index (χ4n) is 4.13. The fraction of sp³-hybridized carbons (Fsp3) is 0.621. The van der Waals surface area contributed by atoms with Crippen LogP contribution in [-0.2, 0) is 30.4 Å². The lowest BCUT2D eigenvalue weighted by Crippen LogP contribution is -2.55. The van der Waals surface area contributed by atoms with E-state index in [1.54, 1.807) is 26.0 Å². The molecule has 1 aromatic carbocycles. The molecule has 4 amide bonds. The number of aromatic hydroxyl groups is 1. The van der Waals surface area contributed by atoms with Crippen LogP contribution in [0.15, 0.2) is 24.3 Å². The van der Waals surface area contributed by atoms with Gasteiger partial charge in [0.15, 0.2) is 5.78 Å². The van der Waals surface area contributed by atoms with Crippen molar-refractivity contribution < 1.29 is 34.2 Å². The lowest BCUT2D eigenvalue weighted by atomic mass is 9.96. The molecular formula is C29H47N5O7. The largest absolute Gasteiger partial charge is 0.508 e. The van der Waals surface area contributed by atoms with Crippen LogP contribution in [-0.4, -0.2) is 75.9 Å². The molecule has 12 nitrogen and oxygen atoms in total. The Labute approximate surface area is 242 Å². The molecule has 41 heavy (non-hydrogen) atoms. The number of aliphatic hydroxyl groups is 1. The average Bonchev–Trinajstić information content (AvgIpc) is 2.88. The summed E-state index contributed by atoms with van der Waals surface area (Å²) < 4.78 is 0. The number of amides is 4. The highest BCUT2D eigenvalue weighted by atomic mass is 16.3. The molecule has 12 heteroatoms. The zero-order valence-electron chi connectivity index (χ0n) is 25.1. The molecule has 3 unspecified atom stereocenters. The van der Waals surface area contributed by atoms with E-state index in [9.17, 15) is 34.2 Å². The van der Waals surface area contributed by atoms with Gasteiger partial charge in [-0.15, -0.1) is 0 Å². The molecule has 0 heterocycles. The highest BCUT2D eigenvalue weighted by Crippen LogP contribution is 2.15. The minimum Gasteiger partial charge on any atom is -0.508 e. The molecule has 0 saturated heterocycles. The van der Waals surface area contributed by atoms with Gasteiger partial charge in [0.05, 0.1) is 24.2 Å². The Hall–Kier alpha value is -3.51. The molecule has 0 aliphatic rings. The maximum Gasteiger partial charge on any atom is 0.243 e. The van der Waals surface area contributed by atoms with Crippen LogP contribution in [0, 0.1) is 11.8 Å². The van der Waals surface area contributed by atoms with Gasteiger partial charge in [-0.05, 0) is 63.1 Å². The van der Waals surface area contributed by atoms with Crippen molar-refractivity contribution in [2.45, 2.75) is 104 Å². The van der Waals surface area contributed by atoms with E-state index in [1.807, 2.05) is 13.8 Å². The summed E-state index contributed by atoms with van der Waals surface area (Å²) in [5, 5.41) is 31.2. The summed E-state index contributed by atoms with van der Waals surface area (Å²) in [7, 11) is 0.